The van der Waals surface area contributed by atoms with Crippen molar-refractivity contribution in [3.8, 4) is 11.5 Å². The number of ether oxygens (including phenoxy) is 1. The molecule has 0 aliphatic rings. The van der Waals surface area contributed by atoms with Crippen LogP contribution in [0.25, 0.3) is 0 Å². The smallest absolute Gasteiger partial charge is 0.162 e. The predicted molar refractivity (Wildman–Crippen MR) is 70.4 cm³/mol. The number of carbonyl (C=O) groups excluding carboxylic acids is 1. The van der Waals surface area contributed by atoms with Crippen LogP contribution in [0.4, 0.5) is 0 Å². The van der Waals surface area contributed by atoms with Gasteiger partial charge in [0.1, 0.15) is 11.5 Å². The quantitative estimate of drug-likeness (QED) is 0.777. The highest BCUT2D eigenvalue weighted by Gasteiger charge is 2.05. The van der Waals surface area contributed by atoms with Gasteiger partial charge >= 0.3 is 0 Å². The van der Waals surface area contributed by atoms with Gasteiger partial charge < -0.3 is 4.74 Å². The number of nitrogens with zero attached hydrogens (tertiary/aromatic N) is 1. The van der Waals surface area contributed by atoms with Crippen LogP contribution >= 0.6 is 11.6 Å². The van der Waals surface area contributed by atoms with Gasteiger partial charge in [-0.3, -0.25) is 9.78 Å². The molecule has 1 aromatic heterocycles. The monoisotopic (exact) mass is 261 g/mol. The second-order valence-electron chi connectivity index (χ2n) is 3.75. The van der Waals surface area contributed by atoms with Gasteiger partial charge in [0.25, 0.3) is 0 Å². The van der Waals surface area contributed by atoms with Crippen LogP contribution in [0.5, 0.6) is 11.5 Å². The molecule has 0 fully saturated rings. The first kappa shape index (κ1) is 12.6. The highest BCUT2D eigenvalue weighted by Crippen LogP contribution is 2.24. The summed E-state index contributed by atoms with van der Waals surface area (Å²) in [4.78, 5) is 15.5. The average Bonchev–Trinajstić information content (AvgIpc) is 2.38. The Balaban J connectivity index is 2.22. The molecule has 2 aromatic rings. The van der Waals surface area contributed by atoms with E-state index in [9.17, 15) is 4.79 Å². The Morgan fingerprint density at radius 2 is 2.11 bits per heavy atom. The molecule has 18 heavy (non-hydrogen) atoms. The molecule has 0 aliphatic carbocycles. The molecule has 1 heterocycles. The van der Waals surface area contributed by atoms with E-state index in [-0.39, 0.29) is 5.78 Å². The highest BCUT2D eigenvalue weighted by molar-refractivity contribution is 6.30. The third-order valence-electron chi connectivity index (χ3n) is 2.39. The zero-order chi connectivity index (χ0) is 13.0. The third-order valence-corrected chi connectivity index (χ3v) is 2.60. The van der Waals surface area contributed by atoms with E-state index in [2.05, 4.69) is 4.98 Å². The van der Waals surface area contributed by atoms with Crippen molar-refractivity contribution in [2.24, 2.45) is 0 Å². The summed E-state index contributed by atoms with van der Waals surface area (Å²) in [6.45, 7) is 1.83. The standard InChI is InChI=1S/C14H12ClNO2/c1-2-14(17)10-4-3-5-12(6-10)18-13-7-11(15)8-16-9-13/h3-9H,2H2,1H3. The fourth-order valence-electron chi connectivity index (χ4n) is 1.52. The molecule has 0 aliphatic heterocycles. The Morgan fingerprint density at radius 1 is 1.28 bits per heavy atom. The molecule has 0 radical (unpaired) electrons. The van der Waals surface area contributed by atoms with E-state index in [4.69, 9.17) is 16.3 Å². The van der Waals surface area contributed by atoms with Gasteiger partial charge in [0.05, 0.1) is 11.2 Å². The van der Waals surface area contributed by atoms with Crippen molar-refractivity contribution in [2.75, 3.05) is 0 Å². The first-order valence-electron chi connectivity index (χ1n) is 5.60. The molecule has 3 nitrogen and oxygen atoms in total. The normalized spacial score (nSPS) is 10.1. The van der Waals surface area contributed by atoms with Crippen LogP contribution in [-0.4, -0.2) is 10.8 Å². The Labute approximate surface area is 110 Å². The van der Waals surface area contributed by atoms with E-state index in [0.717, 1.165) is 0 Å². The number of rotatable bonds is 4. The van der Waals surface area contributed by atoms with E-state index in [1.807, 2.05) is 6.92 Å². The number of hydrogen-bond donors (Lipinski definition) is 0. The van der Waals surface area contributed by atoms with Crippen molar-refractivity contribution in [3.05, 3.63) is 53.3 Å². The topological polar surface area (TPSA) is 39.2 Å². The van der Waals surface area contributed by atoms with Crippen molar-refractivity contribution in [3.63, 3.8) is 0 Å². The Bertz CT molecular complexity index is 569. The van der Waals surface area contributed by atoms with Crippen molar-refractivity contribution in [1.82, 2.24) is 4.98 Å². The Kier molecular flexibility index (Phi) is 3.95. The van der Waals surface area contributed by atoms with Gasteiger partial charge in [0.15, 0.2) is 5.78 Å². The molecule has 0 saturated heterocycles. The fraction of sp³-hybridized carbons (Fsp3) is 0.143. The molecule has 0 atom stereocenters. The number of pyridine rings is 1. The van der Waals surface area contributed by atoms with E-state index in [1.54, 1.807) is 36.5 Å². The molecule has 4 heteroatoms. The lowest BCUT2D eigenvalue weighted by molar-refractivity contribution is 0.0988. The number of carbonyl (C=O) groups is 1. The van der Waals surface area contributed by atoms with Crippen LogP contribution in [-0.2, 0) is 0 Å². The largest absolute Gasteiger partial charge is 0.456 e. The van der Waals surface area contributed by atoms with E-state index >= 15 is 0 Å². The lowest BCUT2D eigenvalue weighted by atomic mass is 10.1. The van der Waals surface area contributed by atoms with Crippen molar-refractivity contribution >= 4 is 17.4 Å². The molecule has 0 N–H and O–H groups in total. The minimum atomic E-state index is 0.0877. The molecule has 0 unspecified atom stereocenters. The molecule has 0 saturated carbocycles. The van der Waals surface area contributed by atoms with E-state index in [0.29, 0.717) is 28.5 Å². The van der Waals surface area contributed by atoms with Crippen molar-refractivity contribution < 1.29 is 9.53 Å². The van der Waals surface area contributed by atoms with Gasteiger partial charge in [-0.15, -0.1) is 0 Å². The molecule has 1 aromatic carbocycles. The summed E-state index contributed by atoms with van der Waals surface area (Å²) in [7, 11) is 0. The van der Waals surface area contributed by atoms with Crippen LogP contribution < -0.4 is 4.74 Å². The molecule has 0 bridgehead atoms. The first-order chi connectivity index (χ1) is 8.69. The van der Waals surface area contributed by atoms with Gasteiger partial charge in [-0.25, -0.2) is 0 Å². The lowest BCUT2D eigenvalue weighted by Gasteiger charge is -2.06. The Morgan fingerprint density at radius 3 is 2.83 bits per heavy atom. The van der Waals surface area contributed by atoms with Crippen LogP contribution in [0.3, 0.4) is 0 Å². The highest BCUT2D eigenvalue weighted by atomic mass is 35.5. The fourth-order valence-corrected chi connectivity index (χ4v) is 1.69. The maximum atomic E-state index is 11.6. The second kappa shape index (κ2) is 5.65. The van der Waals surface area contributed by atoms with Crippen LogP contribution in [0.2, 0.25) is 5.02 Å². The molecule has 0 amide bonds. The van der Waals surface area contributed by atoms with Crippen molar-refractivity contribution in [2.45, 2.75) is 13.3 Å². The minimum absolute atomic E-state index is 0.0877. The van der Waals surface area contributed by atoms with Crippen LogP contribution in [0.1, 0.15) is 23.7 Å². The number of hydrogen-bond acceptors (Lipinski definition) is 3. The summed E-state index contributed by atoms with van der Waals surface area (Å²) < 4.78 is 5.60. The number of benzene rings is 1. The van der Waals surface area contributed by atoms with Gasteiger partial charge in [-0.1, -0.05) is 30.7 Å². The summed E-state index contributed by atoms with van der Waals surface area (Å²) in [5, 5.41) is 0.508. The average molecular weight is 262 g/mol. The molecular formula is C14H12ClNO2. The summed E-state index contributed by atoms with van der Waals surface area (Å²) in [5.74, 6) is 1.23. The first-order valence-corrected chi connectivity index (χ1v) is 5.98. The summed E-state index contributed by atoms with van der Waals surface area (Å²) in [6, 6.07) is 8.73. The van der Waals surface area contributed by atoms with Crippen molar-refractivity contribution in [1.29, 1.82) is 0 Å². The summed E-state index contributed by atoms with van der Waals surface area (Å²) >= 11 is 5.82. The number of ketones is 1. The van der Waals surface area contributed by atoms with E-state index in [1.165, 1.54) is 6.20 Å². The maximum Gasteiger partial charge on any atom is 0.162 e. The van der Waals surface area contributed by atoms with Crippen LogP contribution in [0.15, 0.2) is 42.7 Å². The molecule has 0 spiro atoms. The molecule has 2 rings (SSSR count). The predicted octanol–water partition coefficient (Wildman–Crippen LogP) is 4.12. The molecular weight excluding hydrogens is 250 g/mol. The van der Waals surface area contributed by atoms with Gasteiger partial charge in [-0.05, 0) is 12.1 Å². The van der Waals surface area contributed by atoms with Gasteiger partial charge in [-0.2, -0.15) is 0 Å². The minimum Gasteiger partial charge on any atom is -0.456 e. The number of aromatic nitrogens is 1. The zero-order valence-electron chi connectivity index (χ0n) is 9.89. The van der Waals surface area contributed by atoms with Gasteiger partial charge in [0.2, 0.25) is 0 Å². The Hall–Kier alpha value is -1.87. The zero-order valence-corrected chi connectivity index (χ0v) is 10.6. The number of halogens is 1. The van der Waals surface area contributed by atoms with Gasteiger partial charge in [0, 0.05) is 24.2 Å². The maximum absolute atomic E-state index is 11.6. The third kappa shape index (κ3) is 3.08. The molecule has 92 valence electrons. The summed E-state index contributed by atoms with van der Waals surface area (Å²) in [6.07, 6.45) is 3.58. The summed E-state index contributed by atoms with van der Waals surface area (Å²) in [5.41, 5.74) is 0.644. The second-order valence-corrected chi connectivity index (χ2v) is 4.18. The van der Waals surface area contributed by atoms with Crippen LogP contribution in [0, 0.1) is 0 Å². The number of Topliss-reactive ketones (excluding diaryl/α,β-unsaturated/α-hetero) is 1. The van der Waals surface area contributed by atoms with E-state index < -0.39 is 0 Å². The SMILES string of the molecule is CCC(=O)c1cccc(Oc2cncc(Cl)c2)c1. The lowest BCUT2D eigenvalue weighted by Crippen LogP contribution is -1.96.